The first-order chi connectivity index (χ1) is 10.0. The van der Waals surface area contributed by atoms with E-state index in [1.165, 1.54) is 0 Å². The Morgan fingerprint density at radius 2 is 1.95 bits per heavy atom. The Bertz CT molecular complexity index is 618. The van der Waals surface area contributed by atoms with Crippen molar-refractivity contribution in [2.75, 3.05) is 6.61 Å². The van der Waals surface area contributed by atoms with Crippen molar-refractivity contribution in [1.82, 2.24) is 10.3 Å². The van der Waals surface area contributed by atoms with Crippen LogP contribution in [0.1, 0.15) is 37.9 Å². The quantitative estimate of drug-likeness (QED) is 0.765. The number of aliphatic hydroxyl groups excluding tert-OH is 1. The number of para-hydroxylation sites is 1. The summed E-state index contributed by atoms with van der Waals surface area (Å²) in [4.78, 5) is 15.7. The zero-order chi connectivity index (χ0) is 15.5. The summed E-state index contributed by atoms with van der Waals surface area (Å²) in [7, 11) is 0. The highest BCUT2D eigenvalue weighted by Gasteiger charge is 2.27. The highest BCUT2D eigenvalue weighted by Crippen LogP contribution is 2.23. The molecule has 0 spiro atoms. The van der Waals surface area contributed by atoms with Crippen LogP contribution in [0, 0.1) is 6.92 Å². The molecule has 1 heterocycles. The second-order valence-corrected chi connectivity index (χ2v) is 5.64. The first-order valence-corrected chi connectivity index (χ1v) is 7.53. The first-order valence-electron chi connectivity index (χ1n) is 7.53. The van der Waals surface area contributed by atoms with Gasteiger partial charge in [0, 0.05) is 16.6 Å². The molecule has 0 aliphatic rings. The van der Waals surface area contributed by atoms with Gasteiger partial charge in [-0.15, -0.1) is 0 Å². The predicted octanol–water partition coefficient (Wildman–Crippen LogP) is 2.69. The van der Waals surface area contributed by atoms with Crippen LogP contribution in [0.2, 0.25) is 0 Å². The molecule has 3 N–H and O–H groups in total. The van der Waals surface area contributed by atoms with E-state index in [1.807, 2.05) is 45.0 Å². The maximum atomic E-state index is 12.4. The molecule has 0 aliphatic carbocycles. The molecule has 1 amide bonds. The molecular weight excluding hydrogens is 264 g/mol. The van der Waals surface area contributed by atoms with Crippen LogP contribution in [0.3, 0.4) is 0 Å². The molecule has 0 bridgehead atoms. The summed E-state index contributed by atoms with van der Waals surface area (Å²) in [5, 5.41) is 13.7. The van der Waals surface area contributed by atoms with Crippen LogP contribution in [0.15, 0.2) is 24.3 Å². The molecule has 0 saturated heterocycles. The van der Waals surface area contributed by atoms with Gasteiger partial charge in [-0.3, -0.25) is 4.79 Å². The Hall–Kier alpha value is -1.81. The second-order valence-electron chi connectivity index (χ2n) is 5.64. The van der Waals surface area contributed by atoms with E-state index in [9.17, 15) is 9.90 Å². The van der Waals surface area contributed by atoms with Gasteiger partial charge in [0.1, 0.15) is 0 Å². The Labute approximate surface area is 125 Å². The van der Waals surface area contributed by atoms with Gasteiger partial charge in [0.25, 0.3) is 0 Å². The molecular formula is C17H24N2O2. The molecule has 0 fully saturated rings. The molecule has 4 nitrogen and oxygen atoms in total. The van der Waals surface area contributed by atoms with Crippen LogP contribution in [0.5, 0.6) is 0 Å². The van der Waals surface area contributed by atoms with Crippen LogP contribution >= 0.6 is 0 Å². The lowest BCUT2D eigenvalue weighted by Gasteiger charge is -2.30. The summed E-state index contributed by atoms with van der Waals surface area (Å²) in [5.74, 6) is -0.0411. The van der Waals surface area contributed by atoms with E-state index >= 15 is 0 Å². The smallest absolute Gasteiger partial charge is 0.225 e. The van der Waals surface area contributed by atoms with Gasteiger partial charge in [-0.1, -0.05) is 32.0 Å². The van der Waals surface area contributed by atoms with Crippen molar-refractivity contribution < 1.29 is 9.90 Å². The monoisotopic (exact) mass is 288 g/mol. The number of carbonyl (C=O) groups excluding carboxylic acids is 1. The molecule has 0 unspecified atom stereocenters. The minimum Gasteiger partial charge on any atom is -0.394 e. The van der Waals surface area contributed by atoms with Crippen LogP contribution < -0.4 is 5.32 Å². The number of aliphatic hydroxyl groups is 1. The van der Waals surface area contributed by atoms with Gasteiger partial charge in [-0.2, -0.15) is 0 Å². The summed E-state index contributed by atoms with van der Waals surface area (Å²) in [5.41, 5.74) is 2.60. The van der Waals surface area contributed by atoms with Gasteiger partial charge >= 0.3 is 0 Å². The number of fused-ring (bicyclic) bond motifs is 1. The van der Waals surface area contributed by atoms with E-state index < -0.39 is 5.54 Å². The molecule has 1 aromatic carbocycles. The van der Waals surface area contributed by atoms with Crippen molar-refractivity contribution in [1.29, 1.82) is 0 Å². The van der Waals surface area contributed by atoms with Crippen molar-refractivity contribution in [3.05, 3.63) is 35.5 Å². The van der Waals surface area contributed by atoms with Crippen molar-refractivity contribution in [2.24, 2.45) is 0 Å². The molecule has 4 heteroatoms. The molecule has 21 heavy (non-hydrogen) atoms. The van der Waals surface area contributed by atoms with E-state index in [-0.39, 0.29) is 12.5 Å². The number of amides is 1. The summed E-state index contributed by atoms with van der Waals surface area (Å²) in [6.07, 6.45) is 1.77. The lowest BCUT2D eigenvalue weighted by molar-refractivity contribution is -0.123. The van der Waals surface area contributed by atoms with Crippen LogP contribution in [-0.4, -0.2) is 28.1 Å². The number of hydrogen-bond donors (Lipinski definition) is 3. The number of aromatic amines is 1. The molecule has 0 atom stereocenters. The Kier molecular flexibility index (Phi) is 4.68. The van der Waals surface area contributed by atoms with E-state index in [0.29, 0.717) is 6.42 Å². The van der Waals surface area contributed by atoms with Crippen molar-refractivity contribution >= 4 is 16.8 Å². The summed E-state index contributed by atoms with van der Waals surface area (Å²) >= 11 is 0. The topological polar surface area (TPSA) is 65.1 Å². The Balaban J connectivity index is 2.20. The Morgan fingerprint density at radius 3 is 2.57 bits per heavy atom. The van der Waals surface area contributed by atoms with Crippen LogP contribution in [0.4, 0.5) is 0 Å². The van der Waals surface area contributed by atoms with Gasteiger partial charge < -0.3 is 15.4 Å². The first kappa shape index (κ1) is 15.6. The number of benzene rings is 1. The number of carbonyl (C=O) groups is 1. The van der Waals surface area contributed by atoms with Crippen molar-refractivity contribution in [3.8, 4) is 0 Å². The van der Waals surface area contributed by atoms with Gasteiger partial charge in [0.2, 0.25) is 5.91 Å². The fourth-order valence-corrected chi connectivity index (χ4v) is 2.75. The number of aromatic nitrogens is 1. The SMILES string of the molecule is CCC(CC)(CO)NC(=O)Cc1c(C)[nH]c2ccccc12. The van der Waals surface area contributed by atoms with Crippen LogP contribution in [0.25, 0.3) is 10.9 Å². The van der Waals surface area contributed by atoms with Gasteiger partial charge in [-0.05, 0) is 31.4 Å². The molecule has 114 valence electrons. The number of nitrogens with one attached hydrogen (secondary N) is 2. The zero-order valence-electron chi connectivity index (χ0n) is 13.0. The number of H-pyrrole nitrogens is 1. The average molecular weight is 288 g/mol. The summed E-state index contributed by atoms with van der Waals surface area (Å²) in [6.45, 7) is 5.92. The average Bonchev–Trinajstić information content (AvgIpc) is 2.81. The Morgan fingerprint density at radius 1 is 1.29 bits per heavy atom. The van der Waals surface area contributed by atoms with E-state index in [2.05, 4.69) is 10.3 Å². The lowest BCUT2D eigenvalue weighted by Crippen LogP contribution is -2.51. The fraction of sp³-hybridized carbons (Fsp3) is 0.471. The molecule has 0 saturated carbocycles. The standard InChI is InChI=1S/C17H24N2O2/c1-4-17(5-2,11-20)19-16(21)10-14-12(3)18-15-9-7-6-8-13(14)15/h6-9,18,20H,4-5,10-11H2,1-3H3,(H,19,21). The predicted molar refractivity (Wildman–Crippen MR) is 85.3 cm³/mol. The third-order valence-corrected chi connectivity index (χ3v) is 4.43. The molecule has 0 aliphatic heterocycles. The summed E-state index contributed by atoms with van der Waals surface area (Å²) in [6, 6.07) is 8.00. The largest absolute Gasteiger partial charge is 0.394 e. The maximum Gasteiger partial charge on any atom is 0.225 e. The molecule has 2 aromatic rings. The van der Waals surface area contributed by atoms with E-state index in [1.54, 1.807) is 0 Å². The zero-order valence-corrected chi connectivity index (χ0v) is 13.0. The highest BCUT2D eigenvalue weighted by molar-refractivity contribution is 5.90. The van der Waals surface area contributed by atoms with Crippen molar-refractivity contribution in [3.63, 3.8) is 0 Å². The fourth-order valence-electron chi connectivity index (χ4n) is 2.75. The lowest BCUT2D eigenvalue weighted by atomic mass is 9.93. The maximum absolute atomic E-state index is 12.4. The molecule has 0 radical (unpaired) electrons. The van der Waals surface area contributed by atoms with E-state index in [0.717, 1.165) is 35.0 Å². The van der Waals surface area contributed by atoms with Gasteiger partial charge in [0.05, 0.1) is 18.6 Å². The van der Waals surface area contributed by atoms with Gasteiger partial charge in [0.15, 0.2) is 0 Å². The van der Waals surface area contributed by atoms with Gasteiger partial charge in [-0.25, -0.2) is 0 Å². The van der Waals surface area contributed by atoms with Crippen molar-refractivity contribution in [2.45, 2.75) is 45.6 Å². The third-order valence-electron chi connectivity index (χ3n) is 4.43. The number of hydrogen-bond acceptors (Lipinski definition) is 2. The number of rotatable bonds is 6. The van der Waals surface area contributed by atoms with Crippen LogP contribution in [-0.2, 0) is 11.2 Å². The minimum absolute atomic E-state index is 0.0292. The minimum atomic E-state index is -0.503. The van der Waals surface area contributed by atoms with E-state index in [4.69, 9.17) is 0 Å². The summed E-state index contributed by atoms with van der Waals surface area (Å²) < 4.78 is 0. The molecule has 1 aromatic heterocycles. The molecule has 2 rings (SSSR count). The highest BCUT2D eigenvalue weighted by atomic mass is 16.3. The normalized spacial score (nSPS) is 11.8. The third kappa shape index (κ3) is 3.10. The number of aryl methyl sites for hydroxylation is 1. The second kappa shape index (κ2) is 6.31.